The molecule has 0 spiro atoms. The Hall–Kier alpha value is -0.800. The van der Waals surface area contributed by atoms with E-state index < -0.39 is 0 Å². The summed E-state index contributed by atoms with van der Waals surface area (Å²) >= 11 is 0. The van der Waals surface area contributed by atoms with E-state index in [1.165, 1.54) is 0 Å². The number of rotatable bonds is 4. The normalized spacial score (nSPS) is 10.4. The van der Waals surface area contributed by atoms with Gasteiger partial charge in [-0.2, -0.15) is 0 Å². The van der Waals surface area contributed by atoms with E-state index in [9.17, 15) is 0 Å². The average molecular weight is 155 g/mol. The van der Waals surface area contributed by atoms with Gasteiger partial charge in [0.05, 0.1) is 0 Å². The monoisotopic (exact) mass is 155 g/mol. The lowest BCUT2D eigenvalue weighted by Gasteiger charge is -1.92. The molecule has 1 aromatic rings. The Morgan fingerprint density at radius 2 is 2.09 bits per heavy atom. The van der Waals surface area contributed by atoms with Crippen molar-refractivity contribution in [3.8, 4) is 0 Å². The maximum absolute atomic E-state index is 8.66. The van der Waals surface area contributed by atoms with Crippen molar-refractivity contribution in [1.29, 1.82) is 0 Å². The van der Waals surface area contributed by atoms with Gasteiger partial charge in [-0.1, -0.05) is 0 Å². The van der Waals surface area contributed by atoms with E-state index in [0.717, 1.165) is 18.6 Å². The molecule has 0 unspecified atom stereocenters. The smallest absolute Gasteiger partial charge is 0.129 e. The van der Waals surface area contributed by atoms with Gasteiger partial charge in [0.25, 0.3) is 0 Å². The van der Waals surface area contributed by atoms with Crippen LogP contribution in [0.1, 0.15) is 17.9 Å². The van der Waals surface area contributed by atoms with Crippen LogP contribution < -0.4 is 5.73 Å². The SMILES string of the molecule is NCCCc1ccc(CO)o1. The minimum atomic E-state index is -0.0252. The number of nitrogens with two attached hydrogens (primary N) is 1. The molecule has 0 amide bonds. The van der Waals surface area contributed by atoms with Gasteiger partial charge < -0.3 is 15.3 Å². The number of furan rings is 1. The summed E-state index contributed by atoms with van der Waals surface area (Å²) in [5.74, 6) is 1.52. The first-order valence-electron chi connectivity index (χ1n) is 3.75. The summed E-state index contributed by atoms with van der Waals surface area (Å²) in [6.07, 6.45) is 1.79. The van der Waals surface area contributed by atoms with Crippen LogP contribution in [0.15, 0.2) is 16.5 Å². The lowest BCUT2D eigenvalue weighted by Crippen LogP contribution is -1.99. The highest BCUT2D eigenvalue weighted by molar-refractivity contribution is 5.06. The Kier molecular flexibility index (Phi) is 3.14. The van der Waals surface area contributed by atoms with E-state index >= 15 is 0 Å². The molecule has 62 valence electrons. The Labute approximate surface area is 65.8 Å². The van der Waals surface area contributed by atoms with Gasteiger partial charge in [0, 0.05) is 6.42 Å². The second-order valence-electron chi connectivity index (χ2n) is 2.42. The standard InChI is InChI=1S/C8H13NO2/c9-5-1-2-7-3-4-8(6-10)11-7/h3-4,10H,1-2,5-6,9H2. The molecule has 0 aliphatic rings. The van der Waals surface area contributed by atoms with E-state index in [4.69, 9.17) is 15.3 Å². The fourth-order valence-electron chi connectivity index (χ4n) is 0.918. The minimum absolute atomic E-state index is 0.0252. The lowest BCUT2D eigenvalue weighted by atomic mass is 10.2. The molecule has 0 aliphatic heterocycles. The predicted molar refractivity (Wildman–Crippen MR) is 42.0 cm³/mol. The first-order valence-corrected chi connectivity index (χ1v) is 3.75. The summed E-state index contributed by atoms with van der Waals surface area (Å²) in [6.45, 7) is 0.651. The van der Waals surface area contributed by atoms with Crippen LogP contribution in [0.5, 0.6) is 0 Å². The third-order valence-electron chi connectivity index (χ3n) is 1.50. The number of hydrogen-bond acceptors (Lipinski definition) is 3. The molecule has 3 nitrogen and oxygen atoms in total. The number of hydrogen-bond donors (Lipinski definition) is 2. The first kappa shape index (κ1) is 8.30. The van der Waals surface area contributed by atoms with Crippen molar-refractivity contribution >= 4 is 0 Å². The van der Waals surface area contributed by atoms with Crippen molar-refractivity contribution in [2.24, 2.45) is 5.73 Å². The van der Waals surface area contributed by atoms with Gasteiger partial charge in [0.2, 0.25) is 0 Å². The third-order valence-corrected chi connectivity index (χ3v) is 1.50. The highest BCUT2D eigenvalue weighted by Gasteiger charge is 1.98. The fraction of sp³-hybridized carbons (Fsp3) is 0.500. The van der Waals surface area contributed by atoms with Crippen LogP contribution in [0.4, 0.5) is 0 Å². The van der Waals surface area contributed by atoms with E-state index in [1.54, 1.807) is 6.07 Å². The molecule has 3 heteroatoms. The second-order valence-corrected chi connectivity index (χ2v) is 2.42. The summed E-state index contributed by atoms with van der Waals surface area (Å²) in [5.41, 5.74) is 5.32. The van der Waals surface area contributed by atoms with Crippen molar-refractivity contribution in [2.45, 2.75) is 19.4 Å². The summed E-state index contributed by atoms with van der Waals surface area (Å²) in [4.78, 5) is 0. The van der Waals surface area contributed by atoms with Crippen LogP contribution in [-0.4, -0.2) is 11.7 Å². The molecule has 0 aromatic carbocycles. The van der Waals surface area contributed by atoms with Crippen molar-refractivity contribution in [1.82, 2.24) is 0 Å². The molecule has 1 rings (SSSR count). The summed E-state index contributed by atoms with van der Waals surface area (Å²) in [5, 5.41) is 8.66. The van der Waals surface area contributed by atoms with Gasteiger partial charge in [-0.15, -0.1) is 0 Å². The van der Waals surface area contributed by atoms with Crippen molar-refractivity contribution in [3.63, 3.8) is 0 Å². The zero-order valence-corrected chi connectivity index (χ0v) is 6.42. The second kappa shape index (κ2) is 4.16. The Morgan fingerprint density at radius 3 is 2.64 bits per heavy atom. The highest BCUT2D eigenvalue weighted by Crippen LogP contribution is 2.08. The zero-order valence-electron chi connectivity index (χ0n) is 6.42. The minimum Gasteiger partial charge on any atom is -0.464 e. The molecule has 0 saturated heterocycles. The van der Waals surface area contributed by atoms with Crippen molar-refractivity contribution < 1.29 is 9.52 Å². The molecule has 11 heavy (non-hydrogen) atoms. The molecule has 1 heterocycles. The quantitative estimate of drug-likeness (QED) is 0.671. The van der Waals surface area contributed by atoms with Crippen LogP contribution in [-0.2, 0) is 13.0 Å². The van der Waals surface area contributed by atoms with Gasteiger partial charge in [-0.3, -0.25) is 0 Å². The Balaban J connectivity index is 2.44. The predicted octanol–water partition coefficient (Wildman–Crippen LogP) is 0.663. The molecule has 0 atom stereocenters. The van der Waals surface area contributed by atoms with Gasteiger partial charge in [0.1, 0.15) is 18.1 Å². The molecule has 0 bridgehead atoms. The molecule has 0 aliphatic carbocycles. The summed E-state index contributed by atoms with van der Waals surface area (Å²) in [6, 6.07) is 3.66. The van der Waals surface area contributed by atoms with Crippen LogP contribution >= 0.6 is 0 Å². The van der Waals surface area contributed by atoms with Crippen LogP contribution in [0.25, 0.3) is 0 Å². The van der Waals surface area contributed by atoms with Crippen molar-refractivity contribution in [2.75, 3.05) is 6.54 Å². The zero-order chi connectivity index (χ0) is 8.10. The number of aliphatic hydroxyl groups is 1. The van der Waals surface area contributed by atoms with Gasteiger partial charge >= 0.3 is 0 Å². The maximum Gasteiger partial charge on any atom is 0.129 e. The van der Waals surface area contributed by atoms with Crippen molar-refractivity contribution in [3.05, 3.63) is 23.7 Å². The Bertz CT molecular complexity index is 208. The molecule has 3 N–H and O–H groups in total. The fourth-order valence-corrected chi connectivity index (χ4v) is 0.918. The lowest BCUT2D eigenvalue weighted by molar-refractivity contribution is 0.243. The summed E-state index contributed by atoms with van der Waals surface area (Å²) in [7, 11) is 0. The van der Waals surface area contributed by atoms with Gasteiger partial charge in [-0.05, 0) is 25.1 Å². The first-order chi connectivity index (χ1) is 5.36. The van der Waals surface area contributed by atoms with E-state index in [2.05, 4.69) is 0 Å². The number of aliphatic hydroxyl groups excluding tert-OH is 1. The molecule has 0 fully saturated rings. The third kappa shape index (κ3) is 2.37. The van der Waals surface area contributed by atoms with Gasteiger partial charge in [0.15, 0.2) is 0 Å². The topological polar surface area (TPSA) is 59.4 Å². The molecular weight excluding hydrogens is 142 g/mol. The molecular formula is C8H13NO2. The summed E-state index contributed by atoms with van der Waals surface area (Å²) < 4.78 is 5.23. The largest absolute Gasteiger partial charge is 0.464 e. The number of aryl methyl sites for hydroxylation is 1. The van der Waals surface area contributed by atoms with Crippen LogP contribution in [0.2, 0.25) is 0 Å². The van der Waals surface area contributed by atoms with Crippen LogP contribution in [0, 0.1) is 0 Å². The Morgan fingerprint density at radius 1 is 1.36 bits per heavy atom. The molecule has 0 radical (unpaired) electrons. The molecule has 1 aromatic heterocycles. The van der Waals surface area contributed by atoms with E-state index in [-0.39, 0.29) is 6.61 Å². The molecule has 0 saturated carbocycles. The maximum atomic E-state index is 8.66. The van der Waals surface area contributed by atoms with Crippen LogP contribution in [0.3, 0.4) is 0 Å². The van der Waals surface area contributed by atoms with E-state index in [0.29, 0.717) is 12.3 Å². The highest BCUT2D eigenvalue weighted by atomic mass is 16.4. The average Bonchev–Trinajstić information content (AvgIpc) is 2.48. The van der Waals surface area contributed by atoms with E-state index in [1.807, 2.05) is 6.07 Å². The van der Waals surface area contributed by atoms with Gasteiger partial charge in [-0.25, -0.2) is 0 Å².